The first kappa shape index (κ1) is 16.7. The molecular formula is C19H21N9. The second-order valence-corrected chi connectivity index (χ2v) is 6.95. The van der Waals surface area contributed by atoms with Gasteiger partial charge < -0.3 is 16.0 Å². The summed E-state index contributed by atoms with van der Waals surface area (Å²) in [5.74, 6) is 1.64. The van der Waals surface area contributed by atoms with Crippen LogP contribution in [0.25, 0.3) is 16.9 Å². The Balaban J connectivity index is 1.44. The summed E-state index contributed by atoms with van der Waals surface area (Å²) in [6.45, 7) is 1.86. The first-order chi connectivity index (χ1) is 13.8. The van der Waals surface area contributed by atoms with E-state index in [0.717, 1.165) is 54.3 Å². The van der Waals surface area contributed by atoms with Gasteiger partial charge in [0.05, 0.1) is 18.1 Å². The van der Waals surface area contributed by atoms with E-state index in [9.17, 15) is 0 Å². The van der Waals surface area contributed by atoms with Crippen LogP contribution in [-0.2, 0) is 0 Å². The first-order valence-corrected chi connectivity index (χ1v) is 9.33. The Morgan fingerprint density at radius 3 is 2.82 bits per heavy atom. The fourth-order valence-corrected chi connectivity index (χ4v) is 3.55. The van der Waals surface area contributed by atoms with E-state index >= 15 is 0 Å². The van der Waals surface area contributed by atoms with Gasteiger partial charge in [0.15, 0.2) is 11.5 Å². The Hall–Kier alpha value is -3.46. The molecule has 1 saturated heterocycles. The summed E-state index contributed by atoms with van der Waals surface area (Å²) >= 11 is 0. The number of imidazole rings is 1. The number of pyridine rings is 1. The van der Waals surface area contributed by atoms with Crippen LogP contribution in [-0.4, -0.2) is 48.7 Å². The molecule has 0 aromatic carbocycles. The van der Waals surface area contributed by atoms with Gasteiger partial charge in [-0.15, -0.1) is 0 Å². The van der Waals surface area contributed by atoms with Crippen molar-refractivity contribution in [3.63, 3.8) is 0 Å². The molecule has 0 bridgehead atoms. The summed E-state index contributed by atoms with van der Waals surface area (Å²) in [6, 6.07) is 4.27. The van der Waals surface area contributed by atoms with E-state index < -0.39 is 0 Å². The zero-order chi connectivity index (χ0) is 18.9. The minimum Gasteiger partial charge on any atom is -0.356 e. The molecular weight excluding hydrogens is 354 g/mol. The van der Waals surface area contributed by atoms with Gasteiger partial charge in [0.2, 0.25) is 0 Å². The molecule has 1 aliphatic rings. The minimum absolute atomic E-state index is 0.296. The van der Waals surface area contributed by atoms with Crippen molar-refractivity contribution in [1.82, 2.24) is 29.5 Å². The highest BCUT2D eigenvalue weighted by atomic mass is 15.2. The first-order valence-electron chi connectivity index (χ1n) is 9.33. The smallest absolute Gasteiger partial charge is 0.180 e. The number of hydrogen-bond acceptors (Lipinski definition) is 7. The van der Waals surface area contributed by atoms with Gasteiger partial charge >= 0.3 is 0 Å². The summed E-state index contributed by atoms with van der Waals surface area (Å²) in [5.41, 5.74) is 9.61. The lowest BCUT2D eigenvalue weighted by Gasteiger charge is -2.31. The molecule has 1 aliphatic heterocycles. The molecule has 5 rings (SSSR count). The lowest BCUT2D eigenvalue weighted by molar-refractivity contribution is 0.499. The summed E-state index contributed by atoms with van der Waals surface area (Å²) in [7, 11) is 0. The third-order valence-electron chi connectivity index (χ3n) is 5.09. The standard InChI is InChI=1S/C19H21N9/c20-14-2-6-27(7-3-14)17-9-15(1-4-21-17)26-18-19-23-12-16(13-10-24-25-11-13)28(19)8-5-22-18/h1,4-5,8-12,14H,2-3,6-7,20H2,(H,24,25)(H,21,22,26). The largest absolute Gasteiger partial charge is 0.356 e. The van der Waals surface area contributed by atoms with Crippen LogP contribution in [0.3, 0.4) is 0 Å². The Bertz CT molecular complexity index is 1080. The van der Waals surface area contributed by atoms with E-state index in [0.29, 0.717) is 11.9 Å². The Morgan fingerprint density at radius 2 is 2.00 bits per heavy atom. The van der Waals surface area contributed by atoms with Gasteiger partial charge in [0.1, 0.15) is 5.82 Å². The van der Waals surface area contributed by atoms with Crippen LogP contribution in [0.1, 0.15) is 12.8 Å². The number of rotatable bonds is 4. The van der Waals surface area contributed by atoms with Crippen molar-refractivity contribution in [2.75, 3.05) is 23.3 Å². The van der Waals surface area contributed by atoms with Crippen molar-refractivity contribution in [3.8, 4) is 11.3 Å². The second kappa shape index (κ2) is 6.93. The number of nitrogens with two attached hydrogens (primary N) is 1. The molecule has 0 unspecified atom stereocenters. The highest BCUT2D eigenvalue weighted by Crippen LogP contribution is 2.26. The van der Waals surface area contributed by atoms with Gasteiger partial charge in [0.25, 0.3) is 0 Å². The third-order valence-corrected chi connectivity index (χ3v) is 5.09. The van der Waals surface area contributed by atoms with Crippen molar-refractivity contribution in [3.05, 3.63) is 49.3 Å². The molecule has 0 atom stereocenters. The molecule has 0 saturated carbocycles. The summed E-state index contributed by atoms with van der Waals surface area (Å²) < 4.78 is 1.99. The van der Waals surface area contributed by atoms with Crippen molar-refractivity contribution < 1.29 is 0 Å². The molecule has 9 heteroatoms. The molecule has 28 heavy (non-hydrogen) atoms. The van der Waals surface area contributed by atoms with Crippen LogP contribution in [0.15, 0.2) is 49.3 Å². The van der Waals surface area contributed by atoms with Gasteiger partial charge in [0, 0.05) is 61.2 Å². The third kappa shape index (κ3) is 3.05. The lowest BCUT2D eigenvalue weighted by atomic mass is 10.1. The van der Waals surface area contributed by atoms with E-state index in [1.54, 1.807) is 12.4 Å². The predicted octanol–water partition coefficient (Wildman–Crippen LogP) is 2.19. The number of fused-ring (bicyclic) bond motifs is 1. The van der Waals surface area contributed by atoms with E-state index in [-0.39, 0.29) is 0 Å². The Morgan fingerprint density at radius 1 is 1.11 bits per heavy atom. The molecule has 0 aliphatic carbocycles. The zero-order valence-corrected chi connectivity index (χ0v) is 15.3. The van der Waals surface area contributed by atoms with E-state index in [2.05, 4.69) is 35.4 Å². The predicted molar refractivity (Wildman–Crippen MR) is 108 cm³/mol. The normalized spacial score (nSPS) is 15.2. The number of H-pyrrole nitrogens is 1. The highest BCUT2D eigenvalue weighted by Gasteiger charge is 2.18. The number of hydrogen-bond donors (Lipinski definition) is 3. The van der Waals surface area contributed by atoms with E-state index in [1.807, 2.05) is 41.3 Å². The Labute approximate surface area is 161 Å². The average molecular weight is 375 g/mol. The highest BCUT2D eigenvalue weighted by molar-refractivity contribution is 5.74. The summed E-state index contributed by atoms with van der Waals surface area (Å²) in [5, 5.41) is 10.2. The van der Waals surface area contributed by atoms with E-state index in [1.165, 1.54) is 0 Å². The van der Waals surface area contributed by atoms with Gasteiger partial charge in [-0.1, -0.05) is 0 Å². The maximum absolute atomic E-state index is 6.01. The molecule has 5 heterocycles. The molecule has 4 aromatic rings. The van der Waals surface area contributed by atoms with Crippen molar-refractivity contribution in [2.24, 2.45) is 5.73 Å². The van der Waals surface area contributed by atoms with Crippen LogP contribution >= 0.6 is 0 Å². The van der Waals surface area contributed by atoms with Crippen LogP contribution < -0.4 is 16.0 Å². The fourth-order valence-electron chi connectivity index (χ4n) is 3.55. The maximum Gasteiger partial charge on any atom is 0.180 e. The fraction of sp³-hybridized carbons (Fsp3) is 0.263. The Kier molecular flexibility index (Phi) is 4.13. The van der Waals surface area contributed by atoms with Crippen LogP contribution in [0, 0.1) is 0 Å². The molecule has 1 fully saturated rings. The number of aromatic amines is 1. The zero-order valence-electron chi connectivity index (χ0n) is 15.3. The van der Waals surface area contributed by atoms with Gasteiger partial charge in [-0.25, -0.2) is 15.0 Å². The SMILES string of the molecule is NC1CCN(c2cc(Nc3nccn4c(-c5cn[nH]c5)cnc34)ccn2)CC1. The maximum atomic E-state index is 6.01. The minimum atomic E-state index is 0.296. The van der Waals surface area contributed by atoms with Gasteiger partial charge in [-0.3, -0.25) is 9.50 Å². The molecule has 9 nitrogen and oxygen atoms in total. The molecule has 4 aromatic heterocycles. The number of piperidine rings is 1. The second-order valence-electron chi connectivity index (χ2n) is 6.95. The molecule has 142 valence electrons. The molecule has 4 N–H and O–H groups in total. The number of anilines is 3. The monoisotopic (exact) mass is 375 g/mol. The van der Waals surface area contributed by atoms with Gasteiger partial charge in [-0.2, -0.15) is 5.10 Å². The average Bonchev–Trinajstić information content (AvgIpc) is 3.39. The molecule has 0 amide bonds. The molecule has 0 spiro atoms. The van der Waals surface area contributed by atoms with Gasteiger partial charge in [-0.05, 0) is 18.9 Å². The van der Waals surface area contributed by atoms with Crippen molar-refractivity contribution in [1.29, 1.82) is 0 Å². The van der Waals surface area contributed by atoms with Crippen LogP contribution in [0.2, 0.25) is 0 Å². The summed E-state index contributed by atoms with van der Waals surface area (Å²) in [4.78, 5) is 15.8. The molecule has 0 radical (unpaired) electrons. The van der Waals surface area contributed by atoms with Crippen LogP contribution in [0.5, 0.6) is 0 Å². The lowest BCUT2D eigenvalue weighted by Crippen LogP contribution is -2.40. The van der Waals surface area contributed by atoms with E-state index in [4.69, 9.17) is 5.73 Å². The number of aromatic nitrogens is 6. The van der Waals surface area contributed by atoms with Crippen molar-refractivity contribution >= 4 is 23.0 Å². The quantitative estimate of drug-likeness (QED) is 0.501. The van der Waals surface area contributed by atoms with Crippen LogP contribution in [0.4, 0.5) is 17.3 Å². The number of nitrogens with zero attached hydrogens (tertiary/aromatic N) is 6. The topological polar surface area (TPSA) is 113 Å². The van der Waals surface area contributed by atoms with Crippen molar-refractivity contribution in [2.45, 2.75) is 18.9 Å². The summed E-state index contributed by atoms with van der Waals surface area (Å²) in [6.07, 6.45) is 12.9. The number of nitrogens with one attached hydrogen (secondary N) is 2.